The minimum atomic E-state index is -0.168. The van der Waals surface area contributed by atoms with Crippen molar-refractivity contribution in [3.8, 4) is 0 Å². The molecule has 0 amide bonds. The third kappa shape index (κ3) is 3.53. The monoisotopic (exact) mass is 309 g/mol. The molecule has 0 radical (unpaired) electrons. The Morgan fingerprint density at radius 3 is 2.17 bits per heavy atom. The first kappa shape index (κ1) is 15.9. The minimum absolute atomic E-state index is 0.168. The van der Waals surface area contributed by atoms with Crippen LogP contribution in [0, 0.1) is 5.82 Å². The average molecular weight is 309 g/mol. The van der Waals surface area contributed by atoms with Gasteiger partial charge in [0.25, 0.3) is 0 Å². The first-order valence-electron chi connectivity index (χ1n) is 8.36. The summed E-state index contributed by atoms with van der Waals surface area (Å²) in [5.41, 5.74) is 5.38. The zero-order valence-corrected chi connectivity index (χ0v) is 13.9. The number of allylic oxidation sites excluding steroid dienone is 1. The zero-order chi connectivity index (χ0) is 16.2. The molecule has 0 saturated heterocycles. The molecule has 2 heteroatoms. The van der Waals surface area contributed by atoms with Crippen LogP contribution in [0.25, 0.3) is 5.57 Å². The lowest BCUT2D eigenvalue weighted by atomic mass is 9.81. The van der Waals surface area contributed by atoms with Gasteiger partial charge in [-0.2, -0.15) is 0 Å². The number of hydrogen-bond acceptors (Lipinski definition) is 1. The number of likely N-dealkylation sites (N-methyl/N-ethyl adjacent to an activating group) is 1. The molecule has 0 saturated carbocycles. The molecule has 2 aromatic rings. The largest absolute Gasteiger partial charge is 0.299 e. The second kappa shape index (κ2) is 7.10. The van der Waals surface area contributed by atoms with Crippen LogP contribution in [0.3, 0.4) is 0 Å². The van der Waals surface area contributed by atoms with Gasteiger partial charge in [-0.25, -0.2) is 4.39 Å². The van der Waals surface area contributed by atoms with Gasteiger partial charge in [0.15, 0.2) is 0 Å². The van der Waals surface area contributed by atoms with E-state index >= 15 is 0 Å². The molecule has 0 fully saturated rings. The van der Waals surface area contributed by atoms with Crippen molar-refractivity contribution >= 4 is 5.57 Å². The van der Waals surface area contributed by atoms with Crippen LogP contribution in [0.2, 0.25) is 0 Å². The van der Waals surface area contributed by atoms with E-state index in [-0.39, 0.29) is 11.9 Å². The van der Waals surface area contributed by atoms with Crippen LogP contribution in [-0.4, -0.2) is 19.0 Å². The molecule has 1 aliphatic rings. The third-order valence-corrected chi connectivity index (χ3v) is 4.66. The van der Waals surface area contributed by atoms with Crippen molar-refractivity contribution in [2.24, 2.45) is 0 Å². The van der Waals surface area contributed by atoms with Gasteiger partial charge >= 0.3 is 0 Å². The normalized spacial score (nSPS) is 16.7. The fourth-order valence-electron chi connectivity index (χ4n) is 3.66. The quantitative estimate of drug-likeness (QED) is 0.725. The summed E-state index contributed by atoms with van der Waals surface area (Å²) in [7, 11) is 4.28. The summed E-state index contributed by atoms with van der Waals surface area (Å²) in [6.45, 7) is 0. The summed E-state index contributed by atoms with van der Waals surface area (Å²) >= 11 is 0. The lowest BCUT2D eigenvalue weighted by molar-refractivity contribution is 0.328. The van der Waals surface area contributed by atoms with E-state index in [2.05, 4.69) is 49.3 Å². The van der Waals surface area contributed by atoms with E-state index in [4.69, 9.17) is 0 Å². The smallest absolute Gasteiger partial charge is 0.123 e. The Balaban J connectivity index is 2.09. The highest BCUT2D eigenvalue weighted by molar-refractivity contribution is 5.71. The summed E-state index contributed by atoms with van der Waals surface area (Å²) in [5, 5.41) is 0. The van der Waals surface area contributed by atoms with Gasteiger partial charge in [-0.1, -0.05) is 42.5 Å². The van der Waals surface area contributed by atoms with Gasteiger partial charge < -0.3 is 0 Å². The Labute approximate surface area is 138 Å². The number of halogens is 1. The molecule has 1 aliphatic carbocycles. The second-order valence-electron chi connectivity index (χ2n) is 6.49. The Bertz CT molecular complexity index is 671. The van der Waals surface area contributed by atoms with Crippen LogP contribution in [-0.2, 0) is 0 Å². The maximum absolute atomic E-state index is 13.3. The molecule has 0 aromatic heterocycles. The highest BCUT2D eigenvalue weighted by atomic mass is 19.1. The van der Waals surface area contributed by atoms with Crippen molar-refractivity contribution in [3.63, 3.8) is 0 Å². The van der Waals surface area contributed by atoms with Crippen molar-refractivity contribution in [1.82, 2.24) is 4.90 Å². The molecular weight excluding hydrogens is 285 g/mol. The van der Waals surface area contributed by atoms with Crippen LogP contribution in [0.5, 0.6) is 0 Å². The van der Waals surface area contributed by atoms with Crippen LogP contribution in [0.15, 0.2) is 60.2 Å². The highest BCUT2D eigenvalue weighted by Crippen LogP contribution is 2.40. The van der Waals surface area contributed by atoms with Crippen molar-refractivity contribution in [2.75, 3.05) is 14.1 Å². The zero-order valence-electron chi connectivity index (χ0n) is 13.9. The molecule has 1 atom stereocenters. The molecule has 23 heavy (non-hydrogen) atoms. The standard InChI is InChI=1S/C21H24FN/c1-23(2)21(17-8-4-3-5-9-17)20-11-7-6-10-19(20)16-12-14-18(22)15-13-16/h3-5,8-9,12-15,21H,6-7,10-11H2,1-2H3. The van der Waals surface area contributed by atoms with E-state index in [1.807, 2.05) is 12.1 Å². The van der Waals surface area contributed by atoms with Gasteiger partial charge in [0.05, 0.1) is 6.04 Å². The average Bonchev–Trinajstić information content (AvgIpc) is 2.57. The van der Waals surface area contributed by atoms with Gasteiger partial charge in [0, 0.05) is 0 Å². The lowest BCUT2D eigenvalue weighted by Gasteiger charge is -2.32. The molecule has 0 bridgehead atoms. The summed E-state index contributed by atoms with van der Waals surface area (Å²) in [5.74, 6) is -0.168. The van der Waals surface area contributed by atoms with E-state index in [1.165, 1.54) is 35.1 Å². The summed E-state index contributed by atoms with van der Waals surface area (Å²) in [6.07, 6.45) is 4.64. The first-order valence-corrected chi connectivity index (χ1v) is 8.36. The Kier molecular flexibility index (Phi) is 4.92. The molecule has 0 N–H and O–H groups in total. The van der Waals surface area contributed by atoms with Gasteiger partial charge in [-0.15, -0.1) is 0 Å². The van der Waals surface area contributed by atoms with E-state index in [0.29, 0.717) is 0 Å². The molecule has 0 aliphatic heterocycles. The van der Waals surface area contributed by atoms with Crippen LogP contribution < -0.4 is 0 Å². The topological polar surface area (TPSA) is 3.24 Å². The van der Waals surface area contributed by atoms with Crippen LogP contribution in [0.4, 0.5) is 4.39 Å². The van der Waals surface area contributed by atoms with E-state index in [0.717, 1.165) is 12.8 Å². The number of nitrogens with zero attached hydrogens (tertiary/aromatic N) is 1. The molecule has 2 aromatic carbocycles. The van der Waals surface area contributed by atoms with E-state index < -0.39 is 0 Å². The van der Waals surface area contributed by atoms with E-state index in [9.17, 15) is 4.39 Å². The second-order valence-corrected chi connectivity index (χ2v) is 6.49. The fourth-order valence-corrected chi connectivity index (χ4v) is 3.66. The molecule has 0 heterocycles. The Morgan fingerprint density at radius 2 is 1.52 bits per heavy atom. The molecule has 1 unspecified atom stereocenters. The molecule has 1 nitrogen and oxygen atoms in total. The van der Waals surface area contributed by atoms with Gasteiger partial charge in [0.1, 0.15) is 5.82 Å². The summed E-state index contributed by atoms with van der Waals surface area (Å²) in [4.78, 5) is 2.29. The van der Waals surface area contributed by atoms with Crippen molar-refractivity contribution in [1.29, 1.82) is 0 Å². The fraction of sp³-hybridized carbons (Fsp3) is 0.333. The maximum Gasteiger partial charge on any atom is 0.123 e. The minimum Gasteiger partial charge on any atom is -0.299 e. The lowest BCUT2D eigenvalue weighted by Crippen LogP contribution is -2.24. The Morgan fingerprint density at radius 1 is 0.870 bits per heavy atom. The summed E-state index contributed by atoms with van der Waals surface area (Å²) in [6, 6.07) is 18.0. The van der Waals surface area contributed by atoms with Crippen molar-refractivity contribution < 1.29 is 4.39 Å². The van der Waals surface area contributed by atoms with E-state index in [1.54, 1.807) is 12.1 Å². The predicted molar refractivity (Wildman–Crippen MR) is 94.7 cm³/mol. The third-order valence-electron chi connectivity index (χ3n) is 4.66. The SMILES string of the molecule is CN(C)C(C1=C(c2ccc(F)cc2)CCCC1)c1ccccc1. The number of rotatable bonds is 4. The van der Waals surface area contributed by atoms with Crippen LogP contribution in [0.1, 0.15) is 42.9 Å². The highest BCUT2D eigenvalue weighted by Gasteiger charge is 2.25. The molecule has 3 rings (SSSR count). The van der Waals surface area contributed by atoms with Crippen LogP contribution >= 0.6 is 0 Å². The predicted octanol–water partition coefficient (Wildman–Crippen LogP) is 5.46. The summed E-state index contributed by atoms with van der Waals surface area (Å²) < 4.78 is 13.3. The number of benzene rings is 2. The molecule has 120 valence electrons. The first-order chi connectivity index (χ1) is 11.2. The maximum atomic E-state index is 13.3. The van der Waals surface area contributed by atoms with Gasteiger partial charge in [-0.3, -0.25) is 4.90 Å². The molecule has 0 spiro atoms. The van der Waals surface area contributed by atoms with Crippen molar-refractivity contribution in [2.45, 2.75) is 31.7 Å². The van der Waals surface area contributed by atoms with Gasteiger partial charge in [-0.05, 0) is 74.2 Å². The molecular formula is C21H24FN. The van der Waals surface area contributed by atoms with Crippen molar-refractivity contribution in [3.05, 3.63) is 77.1 Å². The van der Waals surface area contributed by atoms with Gasteiger partial charge in [0.2, 0.25) is 0 Å². The number of hydrogen-bond donors (Lipinski definition) is 0. The Hall–Kier alpha value is -1.93.